The molecule has 0 bridgehead atoms. The van der Waals surface area contributed by atoms with Crippen molar-refractivity contribution in [3.63, 3.8) is 0 Å². The molecule has 0 aliphatic rings. The van der Waals surface area contributed by atoms with Crippen LogP contribution >= 0.6 is 0 Å². The molecule has 0 aromatic heterocycles. The number of hydrogen-bond acceptors (Lipinski definition) is 5. The number of sulfonamides is 1. The van der Waals surface area contributed by atoms with Gasteiger partial charge in [0, 0.05) is 11.6 Å². The van der Waals surface area contributed by atoms with Gasteiger partial charge in [-0.3, -0.25) is 9.52 Å². The van der Waals surface area contributed by atoms with E-state index in [1.54, 1.807) is 44.4 Å². The molecule has 32 heavy (non-hydrogen) atoms. The maximum absolute atomic E-state index is 12.8. The van der Waals surface area contributed by atoms with Crippen molar-refractivity contribution in [2.75, 3.05) is 25.0 Å². The summed E-state index contributed by atoms with van der Waals surface area (Å²) >= 11 is 0. The van der Waals surface area contributed by atoms with Crippen LogP contribution in [0.2, 0.25) is 0 Å². The third-order valence-corrected chi connectivity index (χ3v) is 6.21. The van der Waals surface area contributed by atoms with Crippen molar-refractivity contribution in [1.82, 2.24) is 5.32 Å². The number of hydrogen-bond donors (Lipinski definition) is 2. The number of para-hydroxylation sites is 1. The van der Waals surface area contributed by atoms with Gasteiger partial charge >= 0.3 is 0 Å². The van der Waals surface area contributed by atoms with E-state index in [9.17, 15) is 13.2 Å². The van der Waals surface area contributed by atoms with Crippen LogP contribution in [0.5, 0.6) is 11.5 Å². The number of carbonyl (C=O) groups is 1. The average Bonchev–Trinajstić information content (AvgIpc) is 2.78. The third-order valence-electron chi connectivity index (χ3n) is 4.85. The first-order valence-electron chi connectivity index (χ1n) is 10.0. The number of nitrogens with one attached hydrogen (secondary N) is 2. The molecule has 3 rings (SSSR count). The lowest BCUT2D eigenvalue weighted by atomic mass is 10.1. The molecule has 7 nitrogen and oxygen atoms in total. The highest BCUT2D eigenvalue weighted by molar-refractivity contribution is 7.92. The minimum atomic E-state index is -3.84. The Morgan fingerprint density at radius 3 is 2.41 bits per heavy atom. The van der Waals surface area contributed by atoms with Crippen LogP contribution in [0.3, 0.4) is 0 Å². The topological polar surface area (TPSA) is 93.7 Å². The molecule has 0 atom stereocenters. The van der Waals surface area contributed by atoms with E-state index >= 15 is 0 Å². The molecule has 0 spiro atoms. The van der Waals surface area contributed by atoms with Crippen LogP contribution in [0, 0.1) is 13.8 Å². The molecular weight excluding hydrogens is 428 g/mol. The Hall–Kier alpha value is -3.52. The summed E-state index contributed by atoms with van der Waals surface area (Å²) in [5.74, 6) is 0.939. The molecule has 3 aromatic carbocycles. The normalized spacial score (nSPS) is 11.0. The highest BCUT2D eigenvalue weighted by atomic mass is 32.2. The SMILES string of the molecule is COc1cccc(OCCNC(=O)c2cc(S(=O)(=O)Nc3ccccc3C)ccc2C)c1. The second kappa shape index (κ2) is 10.2. The van der Waals surface area contributed by atoms with E-state index in [0.717, 1.165) is 5.56 Å². The minimum Gasteiger partial charge on any atom is -0.497 e. The molecule has 0 aliphatic carbocycles. The monoisotopic (exact) mass is 454 g/mol. The number of anilines is 1. The van der Waals surface area contributed by atoms with Crippen molar-refractivity contribution in [1.29, 1.82) is 0 Å². The number of aryl methyl sites for hydroxylation is 2. The zero-order valence-corrected chi connectivity index (χ0v) is 19.0. The Kier molecular flexibility index (Phi) is 7.37. The van der Waals surface area contributed by atoms with Crippen molar-refractivity contribution < 1.29 is 22.7 Å². The molecule has 0 radical (unpaired) electrons. The van der Waals surface area contributed by atoms with Crippen molar-refractivity contribution >= 4 is 21.6 Å². The third kappa shape index (κ3) is 5.79. The quantitative estimate of drug-likeness (QED) is 0.478. The molecule has 2 N–H and O–H groups in total. The lowest BCUT2D eigenvalue weighted by Crippen LogP contribution is -2.29. The van der Waals surface area contributed by atoms with Crippen molar-refractivity contribution in [2.24, 2.45) is 0 Å². The van der Waals surface area contributed by atoms with E-state index in [4.69, 9.17) is 9.47 Å². The first-order chi connectivity index (χ1) is 15.3. The first kappa shape index (κ1) is 23.1. The average molecular weight is 455 g/mol. The van der Waals surface area contributed by atoms with Crippen molar-refractivity contribution in [3.05, 3.63) is 83.4 Å². The molecule has 1 amide bonds. The Labute approximate surface area is 188 Å². The van der Waals surface area contributed by atoms with Crippen LogP contribution in [-0.2, 0) is 10.0 Å². The van der Waals surface area contributed by atoms with E-state index in [2.05, 4.69) is 10.0 Å². The summed E-state index contributed by atoms with van der Waals surface area (Å²) < 4.78 is 39.0. The highest BCUT2D eigenvalue weighted by Gasteiger charge is 2.19. The second-order valence-corrected chi connectivity index (χ2v) is 8.86. The van der Waals surface area contributed by atoms with Crippen LogP contribution in [0.25, 0.3) is 0 Å². The van der Waals surface area contributed by atoms with Gasteiger partial charge in [-0.2, -0.15) is 0 Å². The first-order valence-corrected chi connectivity index (χ1v) is 11.5. The smallest absolute Gasteiger partial charge is 0.261 e. The highest BCUT2D eigenvalue weighted by Crippen LogP contribution is 2.22. The molecule has 0 saturated carbocycles. The number of carbonyl (C=O) groups excluding carboxylic acids is 1. The standard InChI is InChI=1S/C24H26N2O5S/c1-17-11-12-21(32(28,29)26-23-10-5-4-7-18(23)2)16-22(17)24(27)25-13-14-31-20-9-6-8-19(15-20)30-3/h4-12,15-16,26H,13-14H2,1-3H3,(H,25,27). The lowest BCUT2D eigenvalue weighted by Gasteiger charge is -2.13. The van der Waals surface area contributed by atoms with Gasteiger partial charge < -0.3 is 14.8 Å². The number of rotatable bonds is 9. The van der Waals surface area contributed by atoms with Crippen molar-refractivity contribution in [2.45, 2.75) is 18.7 Å². The predicted octanol–water partition coefficient (Wildman–Crippen LogP) is 3.92. The molecule has 0 heterocycles. The van der Waals surface area contributed by atoms with E-state index < -0.39 is 10.0 Å². The van der Waals surface area contributed by atoms with Crippen LogP contribution in [-0.4, -0.2) is 34.6 Å². The molecule has 168 valence electrons. The fourth-order valence-corrected chi connectivity index (χ4v) is 4.18. The molecule has 0 saturated heterocycles. The van der Waals surface area contributed by atoms with Crippen LogP contribution < -0.4 is 19.5 Å². The van der Waals surface area contributed by atoms with Crippen LogP contribution in [0.4, 0.5) is 5.69 Å². The molecule has 0 fully saturated rings. The van der Waals surface area contributed by atoms with Gasteiger partial charge in [0.2, 0.25) is 0 Å². The fourth-order valence-electron chi connectivity index (χ4n) is 3.02. The second-order valence-electron chi connectivity index (χ2n) is 7.18. The molecular formula is C24H26N2O5S. The maximum Gasteiger partial charge on any atom is 0.261 e. The zero-order valence-electron chi connectivity index (χ0n) is 18.2. The summed E-state index contributed by atoms with van der Waals surface area (Å²) in [7, 11) is -2.27. The Morgan fingerprint density at radius 2 is 1.66 bits per heavy atom. The summed E-state index contributed by atoms with van der Waals surface area (Å²) in [6.07, 6.45) is 0. The maximum atomic E-state index is 12.8. The van der Waals surface area contributed by atoms with Gasteiger partial charge in [-0.25, -0.2) is 8.42 Å². The molecule has 0 aliphatic heterocycles. The van der Waals surface area contributed by atoms with Crippen LogP contribution in [0.1, 0.15) is 21.5 Å². The van der Waals surface area contributed by atoms with Gasteiger partial charge in [-0.05, 0) is 55.3 Å². The van der Waals surface area contributed by atoms with E-state index in [-0.39, 0.29) is 24.0 Å². The number of methoxy groups -OCH3 is 1. The van der Waals surface area contributed by atoms with Gasteiger partial charge in [0.25, 0.3) is 15.9 Å². The Bertz CT molecular complexity index is 1210. The summed E-state index contributed by atoms with van der Waals surface area (Å²) in [4.78, 5) is 12.7. The summed E-state index contributed by atoms with van der Waals surface area (Å²) in [5, 5.41) is 2.77. The lowest BCUT2D eigenvalue weighted by molar-refractivity contribution is 0.0946. The van der Waals surface area contributed by atoms with Gasteiger partial charge in [0.15, 0.2) is 0 Å². The number of amides is 1. The van der Waals surface area contributed by atoms with E-state index in [1.165, 1.54) is 12.1 Å². The largest absolute Gasteiger partial charge is 0.497 e. The zero-order chi connectivity index (χ0) is 23.1. The van der Waals surface area contributed by atoms with Crippen LogP contribution in [0.15, 0.2) is 71.6 Å². The fraction of sp³-hybridized carbons (Fsp3) is 0.208. The van der Waals surface area contributed by atoms with Gasteiger partial charge in [-0.1, -0.05) is 30.3 Å². The molecule has 3 aromatic rings. The van der Waals surface area contributed by atoms with E-state index in [0.29, 0.717) is 28.3 Å². The Balaban J connectivity index is 1.65. The van der Waals surface area contributed by atoms with Gasteiger partial charge in [0.1, 0.15) is 18.1 Å². The molecule has 0 unspecified atom stereocenters. The Morgan fingerprint density at radius 1 is 0.906 bits per heavy atom. The predicted molar refractivity (Wildman–Crippen MR) is 124 cm³/mol. The van der Waals surface area contributed by atoms with Gasteiger partial charge in [0.05, 0.1) is 24.2 Å². The minimum absolute atomic E-state index is 0.0177. The number of ether oxygens (including phenoxy) is 2. The molecule has 8 heteroatoms. The number of benzene rings is 3. The summed E-state index contributed by atoms with van der Waals surface area (Å²) in [6.45, 7) is 4.09. The summed E-state index contributed by atoms with van der Waals surface area (Å²) in [5.41, 5.74) is 2.26. The van der Waals surface area contributed by atoms with E-state index in [1.807, 2.05) is 31.2 Å². The summed E-state index contributed by atoms with van der Waals surface area (Å²) in [6, 6.07) is 18.8. The van der Waals surface area contributed by atoms with Crippen molar-refractivity contribution in [3.8, 4) is 11.5 Å². The van der Waals surface area contributed by atoms with Gasteiger partial charge in [-0.15, -0.1) is 0 Å².